The first-order valence-electron chi connectivity index (χ1n) is 10.2. The van der Waals surface area contributed by atoms with Gasteiger partial charge in [0.15, 0.2) is 0 Å². The number of carbonyl (C=O) groups is 1. The molecule has 3 rings (SSSR count). The van der Waals surface area contributed by atoms with E-state index in [2.05, 4.69) is 10.5 Å². The summed E-state index contributed by atoms with van der Waals surface area (Å²) in [6, 6.07) is 15.6. The fourth-order valence-electron chi connectivity index (χ4n) is 3.13. The summed E-state index contributed by atoms with van der Waals surface area (Å²) in [5.41, 5.74) is 3.07. The van der Waals surface area contributed by atoms with Crippen molar-refractivity contribution in [3.05, 3.63) is 94.0 Å². The average molecular weight is 524 g/mol. The van der Waals surface area contributed by atoms with E-state index in [4.69, 9.17) is 11.6 Å². The van der Waals surface area contributed by atoms with E-state index >= 15 is 0 Å². The third-order valence-corrected chi connectivity index (χ3v) is 7.00. The van der Waals surface area contributed by atoms with Gasteiger partial charge in [-0.2, -0.15) is 18.3 Å². The molecule has 0 aliphatic carbocycles. The molecule has 0 atom stereocenters. The SMILES string of the molecule is Cc1ccc(S(=O)(=O)N(CC(=O)N/N=C\c2cccc(C)c2)c2ccc(Cl)c(C(F)(F)F)c2)cc1. The van der Waals surface area contributed by atoms with Crippen LogP contribution in [-0.2, 0) is 21.0 Å². The van der Waals surface area contributed by atoms with E-state index in [1.807, 2.05) is 19.1 Å². The minimum absolute atomic E-state index is 0.192. The standard InChI is InChI=1S/C24H21ClF3N3O3S/c1-16-6-9-20(10-7-16)35(33,34)31(19-8-11-22(25)21(13-19)24(26,27)28)15-23(32)30-29-14-18-5-3-4-17(2)12-18/h3-14H,15H2,1-2H3,(H,30,32)/b29-14-. The number of carbonyl (C=O) groups excluding carboxylic acids is 1. The molecule has 11 heteroatoms. The van der Waals surface area contributed by atoms with Gasteiger partial charge in [0.2, 0.25) is 0 Å². The average Bonchev–Trinajstić information content (AvgIpc) is 2.77. The van der Waals surface area contributed by atoms with Crippen LogP contribution < -0.4 is 9.73 Å². The molecular formula is C24H21ClF3N3O3S. The molecule has 0 spiro atoms. The lowest BCUT2D eigenvalue weighted by Gasteiger charge is -2.25. The van der Waals surface area contributed by atoms with E-state index < -0.39 is 39.2 Å². The number of rotatable bonds is 7. The summed E-state index contributed by atoms with van der Waals surface area (Å²) >= 11 is 5.69. The normalized spacial score (nSPS) is 12.1. The molecule has 0 saturated heterocycles. The summed E-state index contributed by atoms with van der Waals surface area (Å²) in [6.07, 6.45) is -3.46. The van der Waals surface area contributed by atoms with Crippen LogP contribution in [0.1, 0.15) is 22.3 Å². The highest BCUT2D eigenvalue weighted by atomic mass is 35.5. The third-order valence-electron chi connectivity index (χ3n) is 4.88. The molecule has 0 radical (unpaired) electrons. The number of alkyl halides is 3. The number of nitrogens with one attached hydrogen (secondary N) is 1. The van der Waals surface area contributed by atoms with Gasteiger partial charge in [0.1, 0.15) is 6.54 Å². The van der Waals surface area contributed by atoms with Gasteiger partial charge < -0.3 is 0 Å². The van der Waals surface area contributed by atoms with Gasteiger partial charge in [-0.15, -0.1) is 0 Å². The molecule has 0 aliphatic heterocycles. The highest BCUT2D eigenvalue weighted by molar-refractivity contribution is 7.92. The maximum Gasteiger partial charge on any atom is 0.417 e. The van der Waals surface area contributed by atoms with Gasteiger partial charge in [-0.1, -0.05) is 59.1 Å². The van der Waals surface area contributed by atoms with Crippen molar-refractivity contribution >= 4 is 39.4 Å². The van der Waals surface area contributed by atoms with Crippen LogP contribution in [0.4, 0.5) is 18.9 Å². The van der Waals surface area contributed by atoms with Crippen LogP contribution >= 0.6 is 11.6 Å². The maximum absolute atomic E-state index is 13.4. The number of anilines is 1. The summed E-state index contributed by atoms with van der Waals surface area (Å²) < 4.78 is 67.6. The third kappa shape index (κ3) is 6.61. The van der Waals surface area contributed by atoms with Gasteiger partial charge in [0, 0.05) is 0 Å². The van der Waals surface area contributed by atoms with E-state index in [1.54, 1.807) is 31.2 Å². The van der Waals surface area contributed by atoms with Gasteiger partial charge in [-0.05, 0) is 49.7 Å². The van der Waals surface area contributed by atoms with Crippen molar-refractivity contribution in [2.24, 2.45) is 5.10 Å². The second kappa shape index (κ2) is 10.5. The molecule has 0 aliphatic rings. The predicted octanol–water partition coefficient (Wildman–Crippen LogP) is 5.32. The zero-order valence-corrected chi connectivity index (χ0v) is 20.2. The number of sulfonamides is 1. The molecule has 6 nitrogen and oxygen atoms in total. The van der Waals surface area contributed by atoms with E-state index in [9.17, 15) is 26.4 Å². The molecule has 0 aromatic heterocycles. The molecule has 0 saturated carbocycles. The van der Waals surface area contributed by atoms with Gasteiger partial charge in [0.25, 0.3) is 15.9 Å². The van der Waals surface area contributed by atoms with E-state index in [1.165, 1.54) is 18.3 Å². The lowest BCUT2D eigenvalue weighted by atomic mass is 10.2. The molecule has 35 heavy (non-hydrogen) atoms. The number of nitrogens with zero attached hydrogens (tertiary/aromatic N) is 2. The van der Waals surface area contributed by atoms with Crippen LogP contribution in [0.5, 0.6) is 0 Å². The predicted molar refractivity (Wildman–Crippen MR) is 129 cm³/mol. The van der Waals surface area contributed by atoms with Crippen LogP contribution in [0, 0.1) is 13.8 Å². The highest BCUT2D eigenvalue weighted by Gasteiger charge is 2.35. The molecule has 184 valence electrons. The zero-order valence-electron chi connectivity index (χ0n) is 18.7. The number of aryl methyl sites for hydroxylation is 2. The Kier molecular flexibility index (Phi) is 7.86. The van der Waals surface area contributed by atoms with Crippen molar-refractivity contribution in [3.8, 4) is 0 Å². The molecule has 0 fully saturated rings. The second-order valence-corrected chi connectivity index (χ2v) is 9.96. The van der Waals surface area contributed by atoms with Crippen molar-refractivity contribution in [2.45, 2.75) is 24.9 Å². The van der Waals surface area contributed by atoms with Crippen molar-refractivity contribution in [1.29, 1.82) is 0 Å². The summed E-state index contributed by atoms with van der Waals surface area (Å²) in [7, 11) is -4.41. The largest absolute Gasteiger partial charge is 0.417 e. The van der Waals surface area contributed by atoms with Crippen molar-refractivity contribution in [3.63, 3.8) is 0 Å². The Morgan fingerprint density at radius 1 is 1.03 bits per heavy atom. The fourth-order valence-corrected chi connectivity index (χ4v) is 4.77. The van der Waals surface area contributed by atoms with Gasteiger partial charge in [0.05, 0.1) is 27.4 Å². The monoisotopic (exact) mass is 523 g/mol. The van der Waals surface area contributed by atoms with Crippen molar-refractivity contribution in [1.82, 2.24) is 5.43 Å². The Morgan fingerprint density at radius 2 is 1.71 bits per heavy atom. The van der Waals surface area contributed by atoms with E-state index in [-0.39, 0.29) is 10.6 Å². The first-order valence-corrected chi connectivity index (χ1v) is 12.0. The van der Waals surface area contributed by atoms with Gasteiger partial charge in [-0.25, -0.2) is 13.8 Å². The lowest BCUT2D eigenvalue weighted by Crippen LogP contribution is -2.39. The van der Waals surface area contributed by atoms with Gasteiger partial charge in [-0.3, -0.25) is 9.10 Å². The minimum atomic E-state index is -4.83. The lowest BCUT2D eigenvalue weighted by molar-refractivity contribution is -0.137. The Balaban J connectivity index is 1.95. The summed E-state index contributed by atoms with van der Waals surface area (Å²) in [5, 5.41) is 3.22. The number of benzene rings is 3. The molecule has 3 aromatic carbocycles. The molecule has 0 heterocycles. The highest BCUT2D eigenvalue weighted by Crippen LogP contribution is 2.38. The zero-order chi connectivity index (χ0) is 25.8. The topological polar surface area (TPSA) is 78.8 Å². The van der Waals surface area contributed by atoms with Crippen LogP contribution in [0.3, 0.4) is 0 Å². The summed E-state index contributed by atoms with van der Waals surface area (Å²) in [6.45, 7) is 2.81. The number of halogens is 4. The molecule has 3 aromatic rings. The summed E-state index contributed by atoms with van der Waals surface area (Å²) in [4.78, 5) is 12.4. The van der Waals surface area contributed by atoms with Crippen molar-refractivity contribution in [2.75, 3.05) is 10.8 Å². The quantitative estimate of drug-likeness (QED) is 0.336. The minimum Gasteiger partial charge on any atom is -0.271 e. The van der Waals surface area contributed by atoms with Crippen molar-refractivity contribution < 1.29 is 26.4 Å². The molecule has 0 unspecified atom stereocenters. The first kappa shape index (κ1) is 26.2. The molecule has 1 amide bonds. The maximum atomic E-state index is 13.4. The van der Waals surface area contributed by atoms with Crippen LogP contribution in [0.15, 0.2) is 76.7 Å². The van der Waals surface area contributed by atoms with Crippen LogP contribution in [-0.4, -0.2) is 27.1 Å². The number of hydrogen-bond acceptors (Lipinski definition) is 4. The van der Waals surface area contributed by atoms with Crippen LogP contribution in [0.25, 0.3) is 0 Å². The number of hydrogen-bond donors (Lipinski definition) is 1. The number of amides is 1. The Labute approximate surface area is 206 Å². The van der Waals surface area contributed by atoms with Crippen LogP contribution in [0.2, 0.25) is 5.02 Å². The fraction of sp³-hybridized carbons (Fsp3) is 0.167. The Morgan fingerprint density at radius 3 is 2.34 bits per heavy atom. The molecular weight excluding hydrogens is 503 g/mol. The smallest absolute Gasteiger partial charge is 0.271 e. The Bertz CT molecular complexity index is 1360. The van der Waals surface area contributed by atoms with E-state index in [0.29, 0.717) is 15.9 Å². The Hall–Kier alpha value is -3.37. The van der Waals surface area contributed by atoms with E-state index in [0.717, 1.165) is 23.3 Å². The first-order chi connectivity index (χ1) is 16.4. The second-order valence-electron chi connectivity index (χ2n) is 7.69. The molecule has 1 N–H and O–H groups in total. The number of hydrazone groups is 1. The summed E-state index contributed by atoms with van der Waals surface area (Å²) in [5.74, 6) is -0.854. The molecule has 0 bridgehead atoms. The van der Waals surface area contributed by atoms with Gasteiger partial charge >= 0.3 is 6.18 Å².